The highest BCUT2D eigenvalue weighted by Gasteiger charge is 2.23. The quantitative estimate of drug-likeness (QED) is 0.591. The van der Waals surface area contributed by atoms with E-state index in [1.54, 1.807) is 6.07 Å². The normalized spacial score (nSPS) is 14.0. The maximum Gasteiger partial charge on any atom is 0.279 e. The molecule has 1 aromatic rings. The van der Waals surface area contributed by atoms with E-state index < -0.39 is 0 Å². The molecule has 0 fully saturated rings. The first-order chi connectivity index (χ1) is 6.20. The van der Waals surface area contributed by atoms with E-state index in [0.29, 0.717) is 5.56 Å². The fraction of sp³-hybridized carbons (Fsp3) is 0.200. The van der Waals surface area contributed by atoms with Crippen molar-refractivity contribution < 1.29 is 4.79 Å². The van der Waals surface area contributed by atoms with E-state index in [2.05, 4.69) is 4.99 Å². The van der Waals surface area contributed by atoms with Crippen LogP contribution in [0.1, 0.15) is 15.9 Å². The molecule has 0 saturated heterocycles. The maximum absolute atomic E-state index is 11.4. The summed E-state index contributed by atoms with van der Waals surface area (Å²) in [6, 6.07) is 7.48. The SMILES string of the molecule is CN(C)C1=NC(=O)c2ccccc21. The molecule has 1 aromatic carbocycles. The highest BCUT2D eigenvalue weighted by Crippen LogP contribution is 2.18. The molecule has 0 aromatic heterocycles. The molecule has 3 nitrogen and oxygen atoms in total. The monoisotopic (exact) mass is 174 g/mol. The molecule has 2 rings (SSSR count). The van der Waals surface area contributed by atoms with Crippen LogP contribution in [0.3, 0.4) is 0 Å². The van der Waals surface area contributed by atoms with Crippen LogP contribution in [-0.4, -0.2) is 30.7 Å². The fourth-order valence-corrected chi connectivity index (χ4v) is 1.42. The van der Waals surface area contributed by atoms with Crippen molar-refractivity contribution in [3.63, 3.8) is 0 Å². The summed E-state index contributed by atoms with van der Waals surface area (Å²) in [5.74, 6) is 0.611. The van der Waals surface area contributed by atoms with Crippen LogP contribution in [0.4, 0.5) is 0 Å². The molecule has 0 atom stereocenters. The molecular formula is C10H10N2O. The van der Waals surface area contributed by atoms with Gasteiger partial charge in [-0.05, 0) is 6.07 Å². The maximum atomic E-state index is 11.4. The Hall–Kier alpha value is -1.64. The first kappa shape index (κ1) is 7.98. The summed E-state index contributed by atoms with van der Waals surface area (Å²) in [5.41, 5.74) is 1.63. The van der Waals surface area contributed by atoms with E-state index in [9.17, 15) is 4.79 Å². The zero-order valence-corrected chi connectivity index (χ0v) is 7.61. The summed E-state index contributed by atoms with van der Waals surface area (Å²) in [4.78, 5) is 17.2. The second-order valence-corrected chi connectivity index (χ2v) is 3.18. The topological polar surface area (TPSA) is 32.7 Å². The van der Waals surface area contributed by atoms with E-state index in [-0.39, 0.29) is 5.91 Å². The molecule has 0 radical (unpaired) electrons. The third kappa shape index (κ3) is 1.13. The summed E-state index contributed by atoms with van der Waals surface area (Å²) in [7, 11) is 3.77. The van der Waals surface area contributed by atoms with Gasteiger partial charge in [0.05, 0.1) is 5.56 Å². The third-order valence-electron chi connectivity index (χ3n) is 2.03. The average molecular weight is 174 g/mol. The molecule has 0 bridgehead atoms. The Morgan fingerprint density at radius 1 is 1.15 bits per heavy atom. The van der Waals surface area contributed by atoms with Crippen molar-refractivity contribution in [1.82, 2.24) is 4.90 Å². The van der Waals surface area contributed by atoms with Crippen LogP contribution in [0.15, 0.2) is 29.3 Å². The summed E-state index contributed by atoms with van der Waals surface area (Å²) in [5, 5.41) is 0. The average Bonchev–Trinajstić information content (AvgIpc) is 2.45. The third-order valence-corrected chi connectivity index (χ3v) is 2.03. The van der Waals surface area contributed by atoms with Gasteiger partial charge in [-0.15, -0.1) is 0 Å². The molecule has 1 aliphatic rings. The number of hydrogen-bond donors (Lipinski definition) is 0. The smallest absolute Gasteiger partial charge is 0.279 e. The van der Waals surface area contributed by atoms with Gasteiger partial charge in [-0.3, -0.25) is 4.79 Å². The van der Waals surface area contributed by atoms with E-state index in [4.69, 9.17) is 0 Å². The van der Waals surface area contributed by atoms with E-state index in [1.807, 2.05) is 37.2 Å². The number of rotatable bonds is 0. The van der Waals surface area contributed by atoms with Crippen molar-refractivity contribution >= 4 is 11.7 Å². The van der Waals surface area contributed by atoms with Crippen LogP contribution >= 0.6 is 0 Å². The van der Waals surface area contributed by atoms with Crippen molar-refractivity contribution in [3.8, 4) is 0 Å². The second kappa shape index (κ2) is 2.69. The number of benzene rings is 1. The molecule has 0 aliphatic carbocycles. The summed E-state index contributed by atoms with van der Waals surface area (Å²) < 4.78 is 0. The van der Waals surface area contributed by atoms with Crippen LogP contribution < -0.4 is 0 Å². The molecule has 0 unspecified atom stereocenters. The molecule has 0 spiro atoms. The molecular weight excluding hydrogens is 164 g/mol. The van der Waals surface area contributed by atoms with Crippen molar-refractivity contribution in [2.24, 2.45) is 4.99 Å². The standard InChI is InChI=1S/C10H10N2O/c1-12(2)9-7-5-3-4-6-8(7)10(13)11-9/h3-6H,1-2H3. The van der Waals surface area contributed by atoms with Crippen molar-refractivity contribution in [2.75, 3.05) is 14.1 Å². The lowest BCUT2D eigenvalue weighted by molar-refractivity contribution is 0.101. The zero-order valence-electron chi connectivity index (χ0n) is 7.61. The summed E-state index contributed by atoms with van der Waals surface area (Å²) in [6.45, 7) is 0. The van der Waals surface area contributed by atoms with Gasteiger partial charge in [-0.2, -0.15) is 4.99 Å². The number of hydrogen-bond acceptors (Lipinski definition) is 2. The van der Waals surface area contributed by atoms with Crippen LogP contribution in [0.25, 0.3) is 0 Å². The summed E-state index contributed by atoms with van der Waals surface area (Å²) >= 11 is 0. The first-order valence-corrected chi connectivity index (χ1v) is 4.10. The van der Waals surface area contributed by atoms with Gasteiger partial charge >= 0.3 is 0 Å². The van der Waals surface area contributed by atoms with Gasteiger partial charge in [0.2, 0.25) is 0 Å². The van der Waals surface area contributed by atoms with Gasteiger partial charge in [0, 0.05) is 19.7 Å². The number of amidine groups is 1. The van der Waals surface area contributed by atoms with Gasteiger partial charge in [0.25, 0.3) is 5.91 Å². The largest absolute Gasteiger partial charge is 0.362 e. The number of aliphatic imine (C=N–C) groups is 1. The number of carbonyl (C=O) groups is 1. The Labute approximate surface area is 76.7 Å². The Balaban J connectivity index is 2.58. The minimum absolute atomic E-state index is 0.140. The lowest BCUT2D eigenvalue weighted by Gasteiger charge is -2.11. The second-order valence-electron chi connectivity index (χ2n) is 3.18. The van der Waals surface area contributed by atoms with Crippen LogP contribution in [0, 0.1) is 0 Å². The van der Waals surface area contributed by atoms with Gasteiger partial charge in [0.15, 0.2) is 0 Å². The molecule has 3 heteroatoms. The minimum Gasteiger partial charge on any atom is -0.362 e. The molecule has 0 N–H and O–H groups in total. The molecule has 1 aliphatic heterocycles. The van der Waals surface area contributed by atoms with Gasteiger partial charge < -0.3 is 4.90 Å². The van der Waals surface area contributed by atoms with E-state index in [1.165, 1.54) is 0 Å². The highest BCUT2D eigenvalue weighted by atomic mass is 16.1. The predicted octanol–water partition coefficient (Wildman–Crippen LogP) is 1.15. The van der Waals surface area contributed by atoms with Crippen molar-refractivity contribution in [3.05, 3.63) is 35.4 Å². The van der Waals surface area contributed by atoms with Crippen LogP contribution in [0.5, 0.6) is 0 Å². The Kier molecular flexibility index (Phi) is 1.65. The van der Waals surface area contributed by atoms with Crippen LogP contribution in [0.2, 0.25) is 0 Å². The van der Waals surface area contributed by atoms with Crippen LogP contribution in [-0.2, 0) is 0 Å². The molecule has 1 heterocycles. The lowest BCUT2D eigenvalue weighted by atomic mass is 10.1. The first-order valence-electron chi connectivity index (χ1n) is 4.10. The van der Waals surface area contributed by atoms with E-state index >= 15 is 0 Å². The molecule has 66 valence electrons. The molecule has 0 saturated carbocycles. The zero-order chi connectivity index (χ0) is 9.42. The molecule has 1 amide bonds. The van der Waals surface area contributed by atoms with E-state index in [0.717, 1.165) is 11.4 Å². The number of nitrogens with zero attached hydrogens (tertiary/aromatic N) is 2. The van der Waals surface area contributed by atoms with Crippen molar-refractivity contribution in [2.45, 2.75) is 0 Å². The number of fused-ring (bicyclic) bond motifs is 1. The number of carbonyl (C=O) groups excluding carboxylic acids is 1. The van der Waals surface area contributed by atoms with Gasteiger partial charge in [-0.1, -0.05) is 18.2 Å². The fourth-order valence-electron chi connectivity index (χ4n) is 1.42. The van der Waals surface area contributed by atoms with Gasteiger partial charge in [0.1, 0.15) is 5.84 Å². The lowest BCUT2D eigenvalue weighted by Crippen LogP contribution is -2.21. The summed E-state index contributed by atoms with van der Waals surface area (Å²) in [6.07, 6.45) is 0. The Morgan fingerprint density at radius 3 is 2.38 bits per heavy atom. The minimum atomic E-state index is -0.140. The number of amides is 1. The predicted molar refractivity (Wildman–Crippen MR) is 51.0 cm³/mol. The van der Waals surface area contributed by atoms with Gasteiger partial charge in [-0.25, -0.2) is 0 Å². The van der Waals surface area contributed by atoms with Crippen molar-refractivity contribution in [1.29, 1.82) is 0 Å². The molecule has 13 heavy (non-hydrogen) atoms. The Bertz CT molecular complexity index is 394. The Morgan fingerprint density at radius 2 is 1.77 bits per heavy atom. The highest BCUT2D eigenvalue weighted by molar-refractivity contribution is 6.20.